The maximum atomic E-state index is 13.9. The largest absolute Gasteiger partial charge is 0.490 e. The van der Waals surface area contributed by atoms with Crippen LogP contribution < -0.4 is 14.4 Å². The van der Waals surface area contributed by atoms with E-state index < -0.39 is 26.5 Å². The Kier molecular flexibility index (Phi) is 10.5. The van der Waals surface area contributed by atoms with Crippen LogP contribution in [0.3, 0.4) is 0 Å². The molecule has 1 spiro atoms. The number of amides is 1. The molecule has 268 valence electrons. The Morgan fingerprint density at radius 3 is 2.71 bits per heavy atom. The minimum Gasteiger partial charge on any atom is -0.490 e. The summed E-state index contributed by atoms with van der Waals surface area (Å²) in [6.45, 7) is 10.9. The molecule has 2 aliphatic heterocycles. The Hall–Kier alpha value is -2.56. The maximum absolute atomic E-state index is 13.9. The van der Waals surface area contributed by atoms with Gasteiger partial charge in [0, 0.05) is 53.5 Å². The molecule has 2 aliphatic carbocycles. The predicted molar refractivity (Wildman–Crippen MR) is 200 cm³/mol. The summed E-state index contributed by atoms with van der Waals surface area (Å²) >= 11 is 6.47. The zero-order valence-electron chi connectivity index (χ0n) is 29.5. The fourth-order valence-electron chi connectivity index (χ4n) is 8.61. The molecule has 0 radical (unpaired) electrons. The summed E-state index contributed by atoms with van der Waals surface area (Å²) in [6.07, 6.45) is 9.40. The molecule has 2 heterocycles. The van der Waals surface area contributed by atoms with E-state index in [2.05, 4.69) is 46.4 Å². The molecule has 10 heteroatoms. The molecule has 3 N–H and O–H groups in total. The molecular weight excluding hydrogens is 658 g/mol. The third-order valence-electron chi connectivity index (χ3n) is 12.0. The van der Waals surface area contributed by atoms with E-state index in [-0.39, 0.29) is 35.8 Å². The molecule has 4 aliphatic rings. The summed E-state index contributed by atoms with van der Waals surface area (Å²) in [6, 6.07) is 11.9. The topological polar surface area (TPSA) is 102 Å². The highest BCUT2D eigenvalue weighted by Crippen LogP contribution is 2.48. The Morgan fingerprint density at radius 2 is 2.00 bits per heavy atom. The van der Waals surface area contributed by atoms with Crippen molar-refractivity contribution in [1.82, 2.24) is 9.62 Å². The number of halogens is 1. The number of nitrogens with zero attached hydrogens (tertiary/aromatic N) is 2. The third kappa shape index (κ3) is 7.29. The van der Waals surface area contributed by atoms with Crippen LogP contribution in [0.1, 0.15) is 81.3 Å². The first-order valence-corrected chi connectivity index (χ1v) is 20.2. The zero-order chi connectivity index (χ0) is 35.1. The van der Waals surface area contributed by atoms with Crippen molar-refractivity contribution in [3.8, 4) is 5.75 Å². The van der Waals surface area contributed by atoms with Crippen molar-refractivity contribution in [3.63, 3.8) is 0 Å². The second kappa shape index (κ2) is 14.2. The van der Waals surface area contributed by atoms with Crippen molar-refractivity contribution in [1.29, 1.82) is 0 Å². The minimum absolute atomic E-state index is 0.00565. The number of aliphatic hydroxyl groups excluding tert-OH is 1. The molecule has 2 aromatic carbocycles. The number of hydrogen-bond donors (Lipinski definition) is 3. The molecule has 49 heavy (non-hydrogen) atoms. The van der Waals surface area contributed by atoms with Crippen LogP contribution in [0.5, 0.6) is 5.75 Å². The lowest BCUT2D eigenvalue weighted by Crippen LogP contribution is -2.57. The van der Waals surface area contributed by atoms with Gasteiger partial charge in [-0.05, 0) is 124 Å². The van der Waals surface area contributed by atoms with Crippen molar-refractivity contribution in [2.24, 2.45) is 17.8 Å². The van der Waals surface area contributed by atoms with E-state index in [1.807, 2.05) is 44.2 Å². The molecule has 0 aromatic heterocycles. The van der Waals surface area contributed by atoms with Gasteiger partial charge in [0.1, 0.15) is 5.75 Å². The monoisotopic (exact) mass is 711 g/mol. The van der Waals surface area contributed by atoms with Gasteiger partial charge in [0.2, 0.25) is 0 Å². The normalized spacial score (nSPS) is 34.0. The summed E-state index contributed by atoms with van der Waals surface area (Å²) < 4.78 is 23.3. The Morgan fingerprint density at radius 1 is 1.20 bits per heavy atom. The highest BCUT2D eigenvalue weighted by molar-refractivity contribution is 7.99. The van der Waals surface area contributed by atoms with E-state index >= 15 is 0 Å². The summed E-state index contributed by atoms with van der Waals surface area (Å²) in [5.74, 6) is 4.43. The number of carbonyl (C=O) groups is 1. The lowest BCUT2D eigenvalue weighted by Gasteiger charge is -2.50. The highest BCUT2D eigenvalue weighted by atomic mass is 35.5. The number of fused-ring (bicyclic) bond motifs is 4. The van der Waals surface area contributed by atoms with E-state index in [1.54, 1.807) is 6.07 Å². The van der Waals surface area contributed by atoms with Crippen LogP contribution in [-0.4, -0.2) is 87.4 Å². The lowest BCUT2D eigenvalue weighted by atomic mass is 9.63. The second-order valence-corrected chi connectivity index (χ2v) is 18.3. The number of rotatable bonds is 5. The van der Waals surface area contributed by atoms with E-state index in [4.69, 9.17) is 16.3 Å². The molecule has 1 amide bonds. The van der Waals surface area contributed by atoms with Crippen LogP contribution in [0.4, 0.5) is 5.69 Å². The molecule has 7 atom stereocenters. The molecule has 8 nitrogen and oxygen atoms in total. The van der Waals surface area contributed by atoms with Gasteiger partial charge in [-0.3, -0.25) is 14.4 Å². The van der Waals surface area contributed by atoms with Crippen molar-refractivity contribution in [2.45, 2.75) is 88.5 Å². The van der Waals surface area contributed by atoms with Gasteiger partial charge < -0.3 is 19.8 Å². The molecule has 1 unspecified atom stereocenters. The van der Waals surface area contributed by atoms with E-state index in [0.717, 1.165) is 42.8 Å². The van der Waals surface area contributed by atoms with Crippen molar-refractivity contribution in [3.05, 3.63) is 70.3 Å². The van der Waals surface area contributed by atoms with Crippen LogP contribution in [0.25, 0.3) is 0 Å². The number of aryl methyl sites for hydroxylation is 1. The highest BCUT2D eigenvalue weighted by Gasteiger charge is 2.48. The van der Waals surface area contributed by atoms with Crippen LogP contribution in [0.15, 0.2) is 48.6 Å². The van der Waals surface area contributed by atoms with Gasteiger partial charge in [-0.1, -0.05) is 36.7 Å². The smallest absolute Gasteiger partial charge is 0.262 e. The average molecular weight is 712 g/mol. The molecular formula is C39H54ClN3O5S. The zero-order valence-corrected chi connectivity index (χ0v) is 31.1. The van der Waals surface area contributed by atoms with Crippen LogP contribution >= 0.6 is 11.6 Å². The Labute approximate surface area is 298 Å². The first-order chi connectivity index (χ1) is 23.2. The molecule has 1 saturated carbocycles. The summed E-state index contributed by atoms with van der Waals surface area (Å²) in [7, 11) is -3.00. The standard InChI is InChI=1S/C39H54ClN3O5S/c1-26(2)42(18-19-44)24-39(46)17-6-8-27(3)28(4)49(5,47)41-37(45)30-11-15-36-35(21-30)43(22-31-10-13-34(31)39)23-38(25-48-36)16-7-9-29-20-32(40)12-14-33(29)38/h6,11-12,14-15,17,20-21,26-28,31,34,44,46H,5,7-10,13,16,18-19,22-25H2,1-4H3,(H,41,45,47)/b17-6+/t27-,28+,31-,34+,38-,39+,49?/m0/s1. The Balaban J connectivity index is 1.45. The van der Waals surface area contributed by atoms with Crippen LogP contribution in [0, 0.1) is 17.8 Å². The number of carbonyl (C=O) groups excluding carboxylic acids is 1. The number of nitrogens with one attached hydrogen (secondary N) is 1. The summed E-state index contributed by atoms with van der Waals surface area (Å²) in [5.41, 5.74) is 2.38. The number of anilines is 1. The first kappa shape index (κ1) is 36.2. The average Bonchev–Trinajstić information content (AvgIpc) is 3.18. The molecule has 2 aromatic rings. The molecule has 6 rings (SSSR count). The maximum Gasteiger partial charge on any atom is 0.262 e. The van der Waals surface area contributed by atoms with E-state index in [1.165, 1.54) is 11.1 Å². The number of ether oxygens (including phenoxy) is 1. The van der Waals surface area contributed by atoms with Gasteiger partial charge in [0.25, 0.3) is 5.91 Å². The van der Waals surface area contributed by atoms with Gasteiger partial charge in [0.15, 0.2) is 0 Å². The minimum atomic E-state index is -3.00. The number of aliphatic hydroxyl groups is 2. The van der Waals surface area contributed by atoms with Gasteiger partial charge in [-0.2, -0.15) is 0 Å². The molecule has 1 fully saturated rings. The van der Waals surface area contributed by atoms with Gasteiger partial charge >= 0.3 is 0 Å². The van der Waals surface area contributed by atoms with E-state index in [9.17, 15) is 19.2 Å². The first-order valence-electron chi connectivity index (χ1n) is 18.0. The van der Waals surface area contributed by atoms with Crippen molar-refractivity contribution in [2.75, 3.05) is 44.3 Å². The molecule has 0 saturated heterocycles. The fraction of sp³-hybridized carbons (Fsp3) is 0.590. The van der Waals surface area contributed by atoms with Crippen molar-refractivity contribution >= 4 is 38.8 Å². The van der Waals surface area contributed by atoms with Crippen molar-refractivity contribution < 1.29 is 24.0 Å². The van der Waals surface area contributed by atoms with E-state index in [0.29, 0.717) is 50.5 Å². The lowest BCUT2D eigenvalue weighted by molar-refractivity contribution is -0.0706. The summed E-state index contributed by atoms with van der Waals surface area (Å²) in [5, 5.41) is 22.9. The second-order valence-electron chi connectivity index (χ2n) is 15.5. The fourth-order valence-corrected chi connectivity index (χ4v) is 10.3. The number of hydrogen-bond acceptors (Lipinski definition) is 7. The number of benzene rings is 2. The van der Waals surface area contributed by atoms with Crippen LogP contribution in [-0.2, 0) is 21.5 Å². The SMILES string of the molecule is C=S1(=O)NC(=O)c2ccc3c(c2)N(C[C@@H]2CC[C@H]2[C@](O)(CN(CCO)C(C)C)/C=C/C[C@H](C)[C@H]1C)C[C@@]1(CCCc2cc(Cl)ccc21)CO3. The summed E-state index contributed by atoms with van der Waals surface area (Å²) in [4.78, 5) is 18.2. The third-order valence-corrected chi connectivity index (χ3v) is 14.4. The predicted octanol–water partition coefficient (Wildman–Crippen LogP) is 5.62. The molecule has 2 bridgehead atoms. The van der Waals surface area contributed by atoms with Crippen LogP contribution in [0.2, 0.25) is 5.02 Å². The van der Waals surface area contributed by atoms with Gasteiger partial charge in [-0.15, -0.1) is 0 Å². The number of allylic oxidation sites excluding steroid dienone is 1. The van der Waals surface area contributed by atoms with Gasteiger partial charge in [0.05, 0.1) is 34.2 Å². The van der Waals surface area contributed by atoms with Gasteiger partial charge in [-0.25, -0.2) is 4.21 Å². The quantitative estimate of drug-likeness (QED) is 0.274. The Bertz CT molecular complexity index is 1680.